The van der Waals surface area contributed by atoms with E-state index in [2.05, 4.69) is 4.98 Å². The largest absolute Gasteiger partial charge is 0.473 e. The molecule has 0 radical (unpaired) electrons. The summed E-state index contributed by atoms with van der Waals surface area (Å²) in [5.41, 5.74) is 5.27. The number of nitrogens with two attached hydrogens (primary N) is 1. The molecule has 1 aromatic rings. The smallest absolute Gasteiger partial charge is 0.426 e. The van der Waals surface area contributed by atoms with Gasteiger partial charge < -0.3 is 20.6 Å². The molecule has 0 atom stereocenters. The summed E-state index contributed by atoms with van der Waals surface area (Å²) in [6.45, 7) is 0.850. The van der Waals surface area contributed by atoms with Crippen LogP contribution in [0.25, 0.3) is 0 Å². The molecule has 7 heteroatoms. The molecule has 1 aromatic heterocycles. The van der Waals surface area contributed by atoms with Crippen molar-refractivity contribution < 1.29 is 9.66 Å². The van der Waals surface area contributed by atoms with E-state index in [0.29, 0.717) is 19.6 Å². The Morgan fingerprint density at radius 3 is 3.07 bits per heavy atom. The maximum Gasteiger partial charge on any atom is 0.426 e. The predicted molar refractivity (Wildman–Crippen MR) is 49.0 cm³/mol. The third-order valence-corrected chi connectivity index (χ3v) is 1.63. The second kappa shape index (κ2) is 4.56. The van der Waals surface area contributed by atoms with E-state index >= 15 is 0 Å². The first-order valence-corrected chi connectivity index (χ1v) is 4.15. The Labute approximate surface area is 80.6 Å². The predicted octanol–water partition coefficient (Wildman–Crippen LogP) is 0.0559. The zero-order valence-corrected chi connectivity index (χ0v) is 7.84. The lowest BCUT2D eigenvalue weighted by molar-refractivity contribution is -0.390. The van der Waals surface area contributed by atoms with Crippen molar-refractivity contribution in [2.75, 3.05) is 13.2 Å². The maximum absolute atomic E-state index is 10.5. The van der Waals surface area contributed by atoms with Gasteiger partial charge in [0.2, 0.25) is 6.33 Å². The average Bonchev–Trinajstić information content (AvgIpc) is 2.48. The number of hydrogen-bond donors (Lipinski definition) is 1. The van der Waals surface area contributed by atoms with Gasteiger partial charge in [0.1, 0.15) is 0 Å². The van der Waals surface area contributed by atoms with Gasteiger partial charge in [-0.25, -0.2) is 0 Å². The lowest BCUT2D eigenvalue weighted by atomic mass is 10.5. The summed E-state index contributed by atoms with van der Waals surface area (Å²) in [4.78, 5) is 13.5. The van der Waals surface area contributed by atoms with Crippen LogP contribution in [0.3, 0.4) is 0 Å². The van der Waals surface area contributed by atoms with E-state index in [1.165, 1.54) is 10.9 Å². The van der Waals surface area contributed by atoms with Gasteiger partial charge in [0.15, 0.2) is 0 Å². The van der Waals surface area contributed by atoms with Crippen LogP contribution < -0.4 is 10.5 Å². The number of hydrogen-bond acceptors (Lipinski definition) is 5. The number of aromatic nitrogens is 2. The Bertz CT molecular complexity index is 323. The molecule has 7 nitrogen and oxygen atoms in total. The van der Waals surface area contributed by atoms with E-state index in [-0.39, 0.29) is 11.7 Å². The van der Waals surface area contributed by atoms with Crippen LogP contribution >= 0.6 is 0 Å². The summed E-state index contributed by atoms with van der Waals surface area (Å²) >= 11 is 0. The van der Waals surface area contributed by atoms with Gasteiger partial charge in [-0.3, -0.25) is 4.57 Å². The van der Waals surface area contributed by atoms with Gasteiger partial charge in [-0.2, -0.15) is 0 Å². The van der Waals surface area contributed by atoms with E-state index < -0.39 is 4.92 Å². The number of imidazole rings is 1. The molecule has 78 valence electrons. The van der Waals surface area contributed by atoms with Crippen LogP contribution in [-0.2, 0) is 7.05 Å². The van der Waals surface area contributed by atoms with E-state index in [1.54, 1.807) is 7.05 Å². The van der Waals surface area contributed by atoms with Crippen molar-refractivity contribution >= 4 is 5.82 Å². The van der Waals surface area contributed by atoms with Crippen molar-refractivity contribution in [3.05, 3.63) is 16.4 Å². The van der Waals surface area contributed by atoms with Gasteiger partial charge in [-0.1, -0.05) is 0 Å². The highest BCUT2D eigenvalue weighted by Crippen LogP contribution is 2.23. The first-order chi connectivity index (χ1) is 6.66. The number of nitrogens with zero attached hydrogens (tertiary/aromatic N) is 3. The molecule has 0 spiro atoms. The van der Waals surface area contributed by atoms with Crippen molar-refractivity contribution in [3.8, 4) is 5.88 Å². The van der Waals surface area contributed by atoms with Gasteiger partial charge in [-0.05, 0) is 22.9 Å². The Morgan fingerprint density at radius 1 is 1.79 bits per heavy atom. The number of aryl methyl sites for hydroxylation is 1. The van der Waals surface area contributed by atoms with Gasteiger partial charge >= 0.3 is 5.82 Å². The molecule has 14 heavy (non-hydrogen) atoms. The monoisotopic (exact) mass is 200 g/mol. The molecule has 0 aliphatic rings. The quantitative estimate of drug-likeness (QED) is 0.411. The molecule has 0 fully saturated rings. The molecule has 0 aliphatic carbocycles. The highest BCUT2D eigenvalue weighted by atomic mass is 16.6. The first-order valence-electron chi connectivity index (χ1n) is 4.15. The molecule has 1 heterocycles. The molecular formula is C7H12N4O3. The van der Waals surface area contributed by atoms with E-state index in [0.717, 1.165) is 0 Å². The molecule has 0 saturated carbocycles. The number of ether oxygens (including phenoxy) is 1. The van der Waals surface area contributed by atoms with Gasteiger partial charge in [0.25, 0.3) is 5.88 Å². The maximum atomic E-state index is 10.5. The van der Waals surface area contributed by atoms with Gasteiger partial charge in [-0.15, -0.1) is 0 Å². The zero-order valence-electron chi connectivity index (χ0n) is 7.84. The SMILES string of the molecule is Cn1cnc([N+](=O)[O-])c1OCCCN. The van der Waals surface area contributed by atoms with Crippen molar-refractivity contribution in [2.24, 2.45) is 12.8 Å². The van der Waals surface area contributed by atoms with Crippen LogP contribution in [0.15, 0.2) is 6.33 Å². The Balaban J connectivity index is 2.72. The molecule has 0 bridgehead atoms. The summed E-state index contributed by atoms with van der Waals surface area (Å²) in [5, 5.41) is 10.5. The first kappa shape index (κ1) is 10.5. The summed E-state index contributed by atoms with van der Waals surface area (Å²) in [6, 6.07) is 0. The molecule has 0 saturated heterocycles. The minimum absolute atomic E-state index is 0.170. The minimum atomic E-state index is -0.572. The summed E-state index contributed by atoms with van der Waals surface area (Å²) in [5.74, 6) is -0.0898. The fraction of sp³-hybridized carbons (Fsp3) is 0.571. The summed E-state index contributed by atoms with van der Waals surface area (Å²) in [6.07, 6.45) is 2.00. The van der Waals surface area contributed by atoms with Gasteiger partial charge in [0.05, 0.1) is 6.61 Å². The van der Waals surface area contributed by atoms with E-state index in [1.807, 2.05) is 0 Å². The fourth-order valence-corrected chi connectivity index (χ4v) is 0.950. The van der Waals surface area contributed by atoms with Crippen LogP contribution in [0, 0.1) is 10.1 Å². The molecule has 0 unspecified atom stereocenters. The average molecular weight is 200 g/mol. The van der Waals surface area contributed by atoms with Crippen LogP contribution in [0.2, 0.25) is 0 Å². The van der Waals surface area contributed by atoms with Crippen molar-refractivity contribution in [1.29, 1.82) is 0 Å². The normalized spacial score (nSPS) is 10.1. The Hall–Kier alpha value is -1.63. The molecule has 2 N–H and O–H groups in total. The summed E-state index contributed by atoms with van der Waals surface area (Å²) in [7, 11) is 1.64. The zero-order chi connectivity index (χ0) is 10.6. The van der Waals surface area contributed by atoms with Crippen molar-refractivity contribution in [1.82, 2.24) is 9.55 Å². The molecular weight excluding hydrogens is 188 g/mol. The minimum Gasteiger partial charge on any atom is -0.473 e. The van der Waals surface area contributed by atoms with Crippen LogP contribution in [-0.4, -0.2) is 27.6 Å². The highest BCUT2D eigenvalue weighted by Gasteiger charge is 2.21. The van der Waals surface area contributed by atoms with Crippen molar-refractivity contribution in [3.63, 3.8) is 0 Å². The molecule has 0 aliphatic heterocycles. The molecule has 0 aromatic carbocycles. The second-order valence-electron chi connectivity index (χ2n) is 2.73. The second-order valence-corrected chi connectivity index (χ2v) is 2.73. The molecule has 0 amide bonds. The van der Waals surface area contributed by atoms with Gasteiger partial charge in [0, 0.05) is 7.05 Å². The lowest BCUT2D eigenvalue weighted by Crippen LogP contribution is -2.08. The topological polar surface area (TPSA) is 96.2 Å². The lowest BCUT2D eigenvalue weighted by Gasteiger charge is -2.03. The Morgan fingerprint density at radius 2 is 2.50 bits per heavy atom. The molecule has 1 rings (SSSR count). The van der Waals surface area contributed by atoms with E-state index in [4.69, 9.17) is 10.5 Å². The fourth-order valence-electron chi connectivity index (χ4n) is 0.950. The highest BCUT2D eigenvalue weighted by molar-refractivity contribution is 5.33. The summed E-state index contributed by atoms with van der Waals surface area (Å²) < 4.78 is 6.66. The van der Waals surface area contributed by atoms with Crippen LogP contribution in [0.1, 0.15) is 6.42 Å². The van der Waals surface area contributed by atoms with Crippen LogP contribution in [0.4, 0.5) is 5.82 Å². The third kappa shape index (κ3) is 2.19. The van der Waals surface area contributed by atoms with Crippen LogP contribution in [0.5, 0.6) is 5.88 Å². The van der Waals surface area contributed by atoms with E-state index in [9.17, 15) is 10.1 Å². The Kier molecular flexibility index (Phi) is 3.41. The standard InChI is InChI=1S/C7H12N4O3/c1-10-5-9-6(11(12)13)7(10)14-4-2-3-8/h5H,2-4,8H2,1H3. The van der Waals surface area contributed by atoms with Crippen molar-refractivity contribution in [2.45, 2.75) is 6.42 Å². The number of nitro groups is 1. The number of rotatable bonds is 5. The third-order valence-electron chi connectivity index (χ3n) is 1.63.